The molecule has 1 saturated heterocycles. The van der Waals surface area contributed by atoms with E-state index in [2.05, 4.69) is 15.4 Å². The molecular weight excluding hydrogens is 374 g/mol. The van der Waals surface area contributed by atoms with Gasteiger partial charge in [-0.2, -0.15) is 15.0 Å². The molecular formula is C19H21N7O3. The van der Waals surface area contributed by atoms with Crippen LogP contribution in [0.5, 0.6) is 0 Å². The van der Waals surface area contributed by atoms with Gasteiger partial charge in [0.2, 0.25) is 0 Å². The molecule has 0 aromatic carbocycles. The van der Waals surface area contributed by atoms with Crippen molar-refractivity contribution >= 4 is 17.8 Å². The predicted molar refractivity (Wildman–Crippen MR) is 102 cm³/mol. The maximum Gasteiger partial charge on any atom is 0.410 e. The molecule has 2 aliphatic rings. The normalized spacial score (nSPS) is 17.2. The van der Waals surface area contributed by atoms with E-state index >= 15 is 0 Å². The first-order chi connectivity index (χ1) is 13.6. The molecule has 2 aromatic rings. The van der Waals surface area contributed by atoms with Gasteiger partial charge < -0.3 is 20.7 Å². The number of amides is 2. The van der Waals surface area contributed by atoms with Crippen LogP contribution in [0, 0.1) is 11.3 Å². The van der Waals surface area contributed by atoms with Gasteiger partial charge in [-0.15, -0.1) is 0 Å². The van der Waals surface area contributed by atoms with Crippen molar-refractivity contribution < 1.29 is 14.3 Å². The summed E-state index contributed by atoms with van der Waals surface area (Å²) in [5.41, 5.74) is 6.29. The van der Waals surface area contributed by atoms with Crippen LogP contribution in [0.2, 0.25) is 0 Å². The van der Waals surface area contributed by atoms with Crippen LogP contribution in [0.1, 0.15) is 42.4 Å². The highest BCUT2D eigenvalue weighted by molar-refractivity contribution is 6.01. The van der Waals surface area contributed by atoms with Crippen LogP contribution in [0.15, 0.2) is 18.3 Å². The summed E-state index contributed by atoms with van der Waals surface area (Å²) in [4.78, 5) is 30.7. The molecule has 1 spiro atoms. The number of hydrogen-bond acceptors (Lipinski definition) is 7. The van der Waals surface area contributed by atoms with Crippen molar-refractivity contribution in [2.45, 2.75) is 38.3 Å². The molecule has 10 heteroatoms. The summed E-state index contributed by atoms with van der Waals surface area (Å²) in [6.45, 7) is 6.11. The fraction of sp³-hybridized carbons (Fsp3) is 0.421. The van der Waals surface area contributed by atoms with Crippen LogP contribution < -0.4 is 11.1 Å². The number of fused-ring (bicyclic) bond motifs is 1. The maximum absolute atomic E-state index is 12.7. The van der Waals surface area contributed by atoms with E-state index in [1.165, 1.54) is 10.9 Å². The minimum atomic E-state index is -0.579. The monoisotopic (exact) mass is 395 g/mol. The summed E-state index contributed by atoms with van der Waals surface area (Å²) in [7, 11) is 0. The van der Waals surface area contributed by atoms with Gasteiger partial charge in [-0.25, -0.2) is 9.78 Å². The predicted octanol–water partition coefficient (Wildman–Crippen LogP) is 0.997. The number of anilines is 1. The summed E-state index contributed by atoms with van der Waals surface area (Å²) in [5, 5.41) is 16.4. The fourth-order valence-electron chi connectivity index (χ4n) is 3.60. The Morgan fingerprint density at radius 2 is 2.10 bits per heavy atom. The van der Waals surface area contributed by atoms with Crippen molar-refractivity contribution in [1.29, 1.82) is 5.26 Å². The van der Waals surface area contributed by atoms with Crippen LogP contribution in [0.3, 0.4) is 0 Å². The zero-order valence-corrected chi connectivity index (χ0v) is 16.4. The number of nitrogens with two attached hydrogens (primary N) is 1. The van der Waals surface area contributed by atoms with Gasteiger partial charge in [-0.1, -0.05) is 0 Å². The molecule has 0 atom stereocenters. The second kappa shape index (κ2) is 6.20. The molecule has 10 nitrogen and oxygen atoms in total. The number of carbonyl (C=O) groups is 2. The first-order valence-corrected chi connectivity index (χ1v) is 9.15. The molecule has 150 valence electrons. The molecule has 2 amide bonds. The number of rotatable bonds is 1. The minimum absolute atomic E-state index is 0.188. The third-order valence-electron chi connectivity index (χ3n) is 4.84. The van der Waals surface area contributed by atoms with Crippen molar-refractivity contribution in [3.8, 4) is 11.9 Å². The lowest BCUT2D eigenvalue weighted by molar-refractivity contribution is -0.0169. The van der Waals surface area contributed by atoms with Gasteiger partial charge in [0.15, 0.2) is 5.82 Å². The van der Waals surface area contributed by atoms with Gasteiger partial charge in [0, 0.05) is 25.7 Å². The van der Waals surface area contributed by atoms with E-state index in [9.17, 15) is 9.59 Å². The lowest BCUT2D eigenvalue weighted by atomic mass is 9.81. The highest BCUT2D eigenvalue weighted by Crippen LogP contribution is 2.34. The molecule has 0 aliphatic carbocycles. The summed E-state index contributed by atoms with van der Waals surface area (Å²) < 4.78 is 6.77. The number of nitriles is 1. The molecule has 2 aliphatic heterocycles. The number of carbonyl (C=O) groups excluding carboxylic acids is 2. The van der Waals surface area contributed by atoms with Crippen molar-refractivity contribution in [1.82, 2.24) is 25.0 Å². The number of ether oxygens (including phenoxy) is 1. The van der Waals surface area contributed by atoms with E-state index in [1.54, 1.807) is 17.0 Å². The third kappa shape index (κ3) is 3.24. The number of hydrogen-bond donors (Lipinski definition) is 2. The van der Waals surface area contributed by atoms with E-state index in [0.717, 1.165) is 0 Å². The Kier molecular flexibility index (Phi) is 4.01. The Morgan fingerprint density at radius 1 is 1.38 bits per heavy atom. The lowest BCUT2D eigenvalue weighted by Gasteiger charge is -2.51. The number of nitrogen functional groups attached to an aromatic ring is 1. The first kappa shape index (κ1) is 18.7. The molecule has 0 saturated carbocycles. The van der Waals surface area contributed by atoms with E-state index in [4.69, 9.17) is 15.7 Å². The zero-order chi connectivity index (χ0) is 21.0. The molecule has 3 N–H and O–H groups in total. The highest BCUT2D eigenvalue weighted by atomic mass is 16.6. The molecule has 4 rings (SSSR count). The molecule has 0 bridgehead atoms. The average Bonchev–Trinajstić information content (AvgIpc) is 2.95. The molecule has 0 radical (unpaired) electrons. The number of likely N-dealkylation sites (tertiary alicyclic amines) is 1. The quantitative estimate of drug-likeness (QED) is 0.734. The highest BCUT2D eigenvalue weighted by Gasteiger charge is 2.51. The van der Waals surface area contributed by atoms with E-state index < -0.39 is 17.2 Å². The molecule has 2 aromatic heterocycles. The molecule has 0 unspecified atom stereocenters. The summed E-state index contributed by atoms with van der Waals surface area (Å²) in [5.74, 6) is 0.280. The second-order valence-electron chi connectivity index (χ2n) is 8.38. The van der Waals surface area contributed by atoms with Gasteiger partial charge in [0.05, 0.1) is 16.8 Å². The average molecular weight is 395 g/mol. The number of nitrogens with zero attached hydrogens (tertiary/aromatic N) is 5. The van der Waals surface area contributed by atoms with Crippen molar-refractivity contribution in [3.63, 3.8) is 0 Å². The van der Waals surface area contributed by atoms with E-state index in [1.807, 2.05) is 26.8 Å². The smallest absolute Gasteiger partial charge is 0.410 e. The topological polar surface area (TPSA) is 139 Å². The fourth-order valence-corrected chi connectivity index (χ4v) is 3.60. The van der Waals surface area contributed by atoms with Gasteiger partial charge in [0.25, 0.3) is 5.91 Å². The van der Waals surface area contributed by atoms with Crippen LogP contribution in [-0.4, -0.2) is 55.9 Å². The van der Waals surface area contributed by atoms with Crippen LogP contribution in [0.4, 0.5) is 10.6 Å². The van der Waals surface area contributed by atoms with Crippen molar-refractivity contribution in [2.75, 3.05) is 18.8 Å². The van der Waals surface area contributed by atoms with Crippen LogP contribution in [-0.2, 0) is 11.2 Å². The second-order valence-corrected chi connectivity index (χ2v) is 8.38. The van der Waals surface area contributed by atoms with E-state index in [-0.39, 0.29) is 11.7 Å². The van der Waals surface area contributed by atoms with Gasteiger partial charge in [0.1, 0.15) is 23.1 Å². The summed E-state index contributed by atoms with van der Waals surface area (Å²) in [6.07, 6.45) is 1.46. The Balaban J connectivity index is 1.55. The zero-order valence-electron chi connectivity index (χ0n) is 16.4. The lowest BCUT2D eigenvalue weighted by Crippen LogP contribution is -2.73. The Bertz CT molecular complexity index is 1040. The number of nitrogens with one attached hydrogen (secondary N) is 1. The standard InChI is InChI=1S/C19H21N7O3/c1-18(2,3)29-17(28)25-9-19(10-25)6-12-14(16(27)23-19)15(21)26(24-12)13-5-4-11(7-20)8-22-13/h4-5,8H,6,9-10,21H2,1-3H3,(H,23,27). The molecule has 4 heterocycles. The number of aromatic nitrogens is 3. The Labute approximate surface area is 167 Å². The summed E-state index contributed by atoms with van der Waals surface area (Å²) in [6, 6.07) is 5.22. The maximum atomic E-state index is 12.7. The third-order valence-corrected chi connectivity index (χ3v) is 4.84. The summed E-state index contributed by atoms with van der Waals surface area (Å²) >= 11 is 0. The Hall–Kier alpha value is -3.61. The number of pyridine rings is 1. The van der Waals surface area contributed by atoms with Crippen molar-refractivity contribution in [2.24, 2.45) is 0 Å². The van der Waals surface area contributed by atoms with Crippen LogP contribution >= 0.6 is 0 Å². The minimum Gasteiger partial charge on any atom is -0.444 e. The van der Waals surface area contributed by atoms with Gasteiger partial charge in [-0.3, -0.25) is 4.79 Å². The molecule has 29 heavy (non-hydrogen) atoms. The molecule has 1 fully saturated rings. The largest absolute Gasteiger partial charge is 0.444 e. The SMILES string of the molecule is CC(C)(C)OC(=O)N1CC2(Cc3nn(-c4ccc(C#N)cn4)c(N)c3C(=O)N2)C1. The Morgan fingerprint density at radius 3 is 2.69 bits per heavy atom. The van der Waals surface area contributed by atoms with E-state index in [0.29, 0.717) is 42.1 Å². The van der Waals surface area contributed by atoms with Gasteiger partial charge in [-0.05, 0) is 32.9 Å². The van der Waals surface area contributed by atoms with Crippen molar-refractivity contribution in [3.05, 3.63) is 35.2 Å². The van der Waals surface area contributed by atoms with Gasteiger partial charge >= 0.3 is 6.09 Å². The van der Waals surface area contributed by atoms with Crippen LogP contribution in [0.25, 0.3) is 5.82 Å². The first-order valence-electron chi connectivity index (χ1n) is 9.15.